The smallest absolute Gasteiger partial charge is 0.408 e. The summed E-state index contributed by atoms with van der Waals surface area (Å²) in [5.74, 6) is 0. The number of cyclic esters (lactones) is 1. The first-order valence-corrected chi connectivity index (χ1v) is 8.32. The molecule has 0 saturated carbocycles. The van der Waals surface area contributed by atoms with E-state index in [0.29, 0.717) is 5.02 Å². The van der Waals surface area contributed by atoms with Gasteiger partial charge in [0.1, 0.15) is 6.04 Å². The molecule has 0 bridgehead atoms. The topological polar surface area (TPSA) is 51.2 Å². The third-order valence-corrected chi connectivity index (χ3v) is 4.59. The maximum absolute atomic E-state index is 11.9. The van der Waals surface area contributed by atoms with E-state index in [0.717, 1.165) is 22.3 Å². The van der Waals surface area contributed by atoms with E-state index in [9.17, 15) is 4.79 Å². The number of alkyl carbamates (subject to hydrolysis) is 1. The number of amides is 1. The van der Waals surface area contributed by atoms with Crippen LogP contribution >= 0.6 is 11.6 Å². The van der Waals surface area contributed by atoms with Crippen molar-refractivity contribution in [3.63, 3.8) is 0 Å². The van der Waals surface area contributed by atoms with E-state index < -0.39 is 12.2 Å². The molecule has 1 aromatic heterocycles. The predicted molar refractivity (Wildman–Crippen MR) is 96.2 cm³/mol. The number of carbonyl (C=O) groups is 1. The molecule has 2 heterocycles. The fourth-order valence-electron chi connectivity index (χ4n) is 3.04. The fourth-order valence-corrected chi connectivity index (χ4v) is 3.29. The zero-order chi connectivity index (χ0) is 17.2. The van der Waals surface area contributed by atoms with Gasteiger partial charge in [0.15, 0.2) is 6.10 Å². The Hall–Kier alpha value is -2.85. The first kappa shape index (κ1) is 15.7. The molecular weight excluding hydrogens is 336 g/mol. The number of pyridine rings is 1. The molecule has 4 rings (SSSR count). The average Bonchev–Trinajstić information content (AvgIpc) is 3.04. The Bertz CT molecular complexity index is 914. The summed E-state index contributed by atoms with van der Waals surface area (Å²) in [6.07, 6.45) is 2.60. The lowest BCUT2D eigenvalue weighted by Crippen LogP contribution is -2.19. The molecule has 1 aliphatic rings. The van der Waals surface area contributed by atoms with Gasteiger partial charge in [-0.3, -0.25) is 4.98 Å². The van der Waals surface area contributed by atoms with Crippen LogP contribution in [0, 0.1) is 0 Å². The molecular formula is C20H15ClN2O2. The molecule has 1 fully saturated rings. The predicted octanol–water partition coefficient (Wildman–Crippen LogP) is 4.92. The van der Waals surface area contributed by atoms with Crippen LogP contribution in [0.3, 0.4) is 0 Å². The van der Waals surface area contributed by atoms with Gasteiger partial charge in [-0.05, 0) is 23.3 Å². The van der Waals surface area contributed by atoms with Gasteiger partial charge in [0.25, 0.3) is 0 Å². The lowest BCUT2D eigenvalue weighted by atomic mass is 9.95. The van der Waals surface area contributed by atoms with E-state index in [4.69, 9.17) is 16.3 Å². The van der Waals surface area contributed by atoms with Crippen LogP contribution < -0.4 is 5.32 Å². The maximum atomic E-state index is 11.9. The summed E-state index contributed by atoms with van der Waals surface area (Å²) in [7, 11) is 0. The number of carbonyl (C=O) groups excluding carboxylic acids is 1. The zero-order valence-electron chi connectivity index (χ0n) is 13.2. The zero-order valence-corrected chi connectivity index (χ0v) is 14.0. The van der Waals surface area contributed by atoms with Crippen LogP contribution in [0.2, 0.25) is 5.02 Å². The van der Waals surface area contributed by atoms with Crippen LogP contribution in [0.1, 0.15) is 23.3 Å². The summed E-state index contributed by atoms with van der Waals surface area (Å²) in [6.45, 7) is 0. The number of halogens is 1. The Labute approximate surface area is 150 Å². The molecule has 4 nitrogen and oxygen atoms in total. The Kier molecular flexibility index (Phi) is 4.12. The SMILES string of the molecule is O=C1N[C@H](c2cncc(-c3ccccc3)c2)[C@@H](c2ccccc2Cl)O1. The fraction of sp³-hybridized carbons (Fsp3) is 0.100. The van der Waals surface area contributed by atoms with Gasteiger partial charge in [-0.25, -0.2) is 4.79 Å². The first-order valence-electron chi connectivity index (χ1n) is 7.94. The lowest BCUT2D eigenvalue weighted by molar-refractivity contribution is 0.132. The molecule has 124 valence electrons. The number of rotatable bonds is 3. The van der Waals surface area contributed by atoms with Gasteiger partial charge in [0.2, 0.25) is 0 Å². The van der Waals surface area contributed by atoms with Crippen molar-refractivity contribution in [2.75, 3.05) is 0 Å². The number of nitrogens with one attached hydrogen (secondary N) is 1. The van der Waals surface area contributed by atoms with Crippen molar-refractivity contribution in [1.82, 2.24) is 10.3 Å². The van der Waals surface area contributed by atoms with Gasteiger partial charge in [-0.1, -0.05) is 60.1 Å². The van der Waals surface area contributed by atoms with Crippen LogP contribution in [-0.4, -0.2) is 11.1 Å². The molecule has 2 atom stereocenters. The second kappa shape index (κ2) is 6.57. The number of benzene rings is 2. The quantitative estimate of drug-likeness (QED) is 0.729. The van der Waals surface area contributed by atoms with Crippen molar-refractivity contribution in [3.05, 3.63) is 89.2 Å². The molecule has 0 spiro atoms. The molecule has 3 aromatic rings. The van der Waals surface area contributed by atoms with E-state index in [2.05, 4.69) is 10.3 Å². The molecule has 0 aliphatic carbocycles. The first-order chi connectivity index (χ1) is 12.2. The summed E-state index contributed by atoms with van der Waals surface area (Å²) in [5, 5.41) is 3.44. The van der Waals surface area contributed by atoms with Crippen molar-refractivity contribution in [2.24, 2.45) is 0 Å². The van der Waals surface area contributed by atoms with Gasteiger partial charge in [-0.15, -0.1) is 0 Å². The molecule has 0 unspecified atom stereocenters. The summed E-state index contributed by atoms with van der Waals surface area (Å²) in [4.78, 5) is 16.2. The minimum atomic E-state index is -0.492. The third kappa shape index (κ3) is 3.08. The van der Waals surface area contributed by atoms with Crippen LogP contribution in [0.5, 0.6) is 0 Å². The molecule has 5 heteroatoms. The summed E-state index contributed by atoms with van der Waals surface area (Å²) >= 11 is 6.30. The number of aromatic nitrogens is 1. The number of nitrogens with zero attached hydrogens (tertiary/aromatic N) is 1. The minimum Gasteiger partial charge on any atom is -0.439 e. The summed E-state index contributed by atoms with van der Waals surface area (Å²) in [5.41, 5.74) is 3.70. The van der Waals surface area contributed by atoms with Crippen LogP contribution in [0.15, 0.2) is 73.1 Å². The molecule has 25 heavy (non-hydrogen) atoms. The normalized spacial score (nSPS) is 19.3. The van der Waals surface area contributed by atoms with Gasteiger partial charge in [-0.2, -0.15) is 0 Å². The van der Waals surface area contributed by atoms with E-state index in [1.165, 1.54) is 0 Å². The highest BCUT2D eigenvalue weighted by Gasteiger charge is 2.37. The largest absolute Gasteiger partial charge is 0.439 e. The highest BCUT2D eigenvalue weighted by molar-refractivity contribution is 6.31. The highest BCUT2D eigenvalue weighted by Crippen LogP contribution is 2.39. The second-order valence-electron chi connectivity index (χ2n) is 5.84. The van der Waals surface area contributed by atoms with E-state index >= 15 is 0 Å². The number of hydrogen-bond donors (Lipinski definition) is 1. The Balaban J connectivity index is 1.73. The van der Waals surface area contributed by atoms with Crippen molar-refractivity contribution in [3.8, 4) is 11.1 Å². The second-order valence-corrected chi connectivity index (χ2v) is 6.25. The maximum Gasteiger partial charge on any atom is 0.408 e. The highest BCUT2D eigenvalue weighted by atomic mass is 35.5. The molecule has 1 N–H and O–H groups in total. The lowest BCUT2D eigenvalue weighted by Gasteiger charge is -2.19. The molecule has 1 aliphatic heterocycles. The monoisotopic (exact) mass is 350 g/mol. The Morgan fingerprint density at radius 1 is 0.960 bits per heavy atom. The van der Waals surface area contributed by atoms with E-state index in [1.807, 2.05) is 54.6 Å². The van der Waals surface area contributed by atoms with Gasteiger partial charge in [0.05, 0.1) is 0 Å². The molecule has 1 amide bonds. The van der Waals surface area contributed by atoms with Crippen molar-refractivity contribution in [2.45, 2.75) is 12.1 Å². The van der Waals surface area contributed by atoms with Crippen molar-refractivity contribution < 1.29 is 9.53 Å². The van der Waals surface area contributed by atoms with Crippen LogP contribution in [0.4, 0.5) is 4.79 Å². The Morgan fingerprint density at radius 2 is 1.72 bits per heavy atom. The summed E-state index contributed by atoms with van der Waals surface area (Å²) in [6, 6.07) is 19.0. The van der Waals surface area contributed by atoms with E-state index in [1.54, 1.807) is 18.5 Å². The third-order valence-electron chi connectivity index (χ3n) is 4.25. The standard InChI is InChI=1S/C20H15ClN2O2/c21-17-9-5-4-8-16(17)19-18(23-20(24)25-19)15-10-14(11-22-12-15)13-6-2-1-3-7-13/h1-12,18-19H,(H,23,24)/t18-,19-/m1/s1. The number of hydrogen-bond acceptors (Lipinski definition) is 3. The molecule has 1 saturated heterocycles. The number of ether oxygens (including phenoxy) is 1. The molecule has 2 aromatic carbocycles. The van der Waals surface area contributed by atoms with Crippen LogP contribution in [0.25, 0.3) is 11.1 Å². The van der Waals surface area contributed by atoms with Crippen LogP contribution in [-0.2, 0) is 4.74 Å². The van der Waals surface area contributed by atoms with Crippen molar-refractivity contribution in [1.29, 1.82) is 0 Å². The minimum absolute atomic E-state index is 0.344. The van der Waals surface area contributed by atoms with Crippen molar-refractivity contribution >= 4 is 17.7 Å². The van der Waals surface area contributed by atoms with E-state index in [-0.39, 0.29) is 6.04 Å². The van der Waals surface area contributed by atoms with Gasteiger partial charge >= 0.3 is 6.09 Å². The molecule has 0 radical (unpaired) electrons. The van der Waals surface area contributed by atoms with Gasteiger partial charge in [0, 0.05) is 28.5 Å². The Morgan fingerprint density at radius 3 is 2.52 bits per heavy atom. The summed E-state index contributed by atoms with van der Waals surface area (Å²) < 4.78 is 5.48. The average molecular weight is 351 g/mol. The van der Waals surface area contributed by atoms with Gasteiger partial charge < -0.3 is 10.1 Å².